The Hall–Kier alpha value is -2.34. The molecule has 0 N–H and O–H groups in total. The predicted molar refractivity (Wildman–Crippen MR) is 82.3 cm³/mol. The molecule has 2 aromatic rings. The van der Waals surface area contributed by atoms with Crippen LogP contribution in [0.5, 0.6) is 0 Å². The van der Waals surface area contributed by atoms with Gasteiger partial charge in [0.25, 0.3) is 0 Å². The minimum atomic E-state index is -4.65. The van der Waals surface area contributed by atoms with E-state index in [9.17, 15) is 18.0 Å². The first kappa shape index (κ1) is 18.0. The van der Waals surface area contributed by atoms with Crippen molar-refractivity contribution in [2.45, 2.75) is 24.8 Å². The Morgan fingerprint density at radius 1 is 0.917 bits per heavy atom. The maximum Gasteiger partial charge on any atom is 0.425 e. The van der Waals surface area contributed by atoms with E-state index in [1.165, 1.54) is 7.11 Å². The van der Waals surface area contributed by atoms with Gasteiger partial charge in [-0.2, -0.15) is 13.2 Å². The molecule has 0 amide bonds. The number of methoxy groups -OCH3 is 1. The van der Waals surface area contributed by atoms with Gasteiger partial charge in [-0.3, -0.25) is 0 Å². The van der Waals surface area contributed by atoms with Crippen LogP contribution < -0.4 is 0 Å². The number of halogens is 3. The van der Waals surface area contributed by atoms with Gasteiger partial charge in [0.2, 0.25) is 5.60 Å². The van der Waals surface area contributed by atoms with Crippen LogP contribution in [0.4, 0.5) is 13.2 Å². The van der Waals surface area contributed by atoms with Gasteiger partial charge in [-0.05, 0) is 18.1 Å². The van der Waals surface area contributed by atoms with Gasteiger partial charge in [0.15, 0.2) is 6.10 Å². The molecule has 3 nitrogen and oxygen atoms in total. The molecule has 0 aliphatic carbocycles. The standard InChI is InChI=1S/C18H17F3O3/c1-13(18(19,20)21)24-16(22)17(23-2,14-9-5-3-6-10-14)15-11-7-4-8-12-15/h3-13H,1-2H3. The van der Waals surface area contributed by atoms with E-state index in [0.717, 1.165) is 6.92 Å². The number of carbonyl (C=O) groups is 1. The number of ether oxygens (including phenoxy) is 2. The molecule has 0 aromatic heterocycles. The molecule has 2 aromatic carbocycles. The van der Waals surface area contributed by atoms with E-state index >= 15 is 0 Å². The summed E-state index contributed by atoms with van der Waals surface area (Å²) < 4.78 is 48.5. The van der Waals surface area contributed by atoms with Crippen LogP contribution in [0, 0.1) is 0 Å². The lowest BCUT2D eigenvalue weighted by Crippen LogP contribution is -2.44. The van der Waals surface area contributed by atoms with Crippen LogP contribution in [0.15, 0.2) is 60.7 Å². The second kappa shape index (κ2) is 7.05. The first-order valence-corrected chi connectivity index (χ1v) is 7.26. The lowest BCUT2D eigenvalue weighted by molar-refractivity contribution is -0.225. The van der Waals surface area contributed by atoms with Gasteiger partial charge in [0.05, 0.1) is 0 Å². The van der Waals surface area contributed by atoms with E-state index in [1.807, 2.05) is 0 Å². The third-order valence-electron chi connectivity index (χ3n) is 3.70. The van der Waals surface area contributed by atoms with Crippen LogP contribution in [0.25, 0.3) is 0 Å². The predicted octanol–water partition coefficient (Wildman–Crippen LogP) is 4.07. The third-order valence-corrected chi connectivity index (χ3v) is 3.70. The zero-order chi connectivity index (χ0) is 17.8. The van der Waals surface area contributed by atoms with Crippen molar-refractivity contribution in [1.82, 2.24) is 0 Å². The highest BCUT2D eigenvalue weighted by atomic mass is 19.4. The van der Waals surface area contributed by atoms with Gasteiger partial charge in [-0.25, -0.2) is 4.79 Å². The molecule has 0 fully saturated rings. The van der Waals surface area contributed by atoms with Crippen molar-refractivity contribution >= 4 is 5.97 Å². The highest BCUT2D eigenvalue weighted by Gasteiger charge is 2.48. The van der Waals surface area contributed by atoms with Crippen molar-refractivity contribution in [3.8, 4) is 0 Å². The topological polar surface area (TPSA) is 35.5 Å². The molecule has 0 saturated heterocycles. The fourth-order valence-electron chi connectivity index (χ4n) is 2.38. The highest BCUT2D eigenvalue weighted by Crippen LogP contribution is 2.36. The summed E-state index contributed by atoms with van der Waals surface area (Å²) in [4.78, 5) is 12.7. The normalized spacial score (nSPS) is 13.4. The Morgan fingerprint density at radius 3 is 1.67 bits per heavy atom. The van der Waals surface area contributed by atoms with Crippen LogP contribution in [-0.4, -0.2) is 25.4 Å². The number of benzene rings is 2. The smallest absolute Gasteiger partial charge is 0.425 e. The first-order valence-electron chi connectivity index (χ1n) is 7.26. The Morgan fingerprint density at radius 2 is 1.33 bits per heavy atom. The van der Waals surface area contributed by atoms with Crippen molar-refractivity contribution < 1.29 is 27.4 Å². The SMILES string of the molecule is COC(C(=O)OC(C)C(F)(F)F)(c1ccccc1)c1ccccc1. The molecule has 0 bridgehead atoms. The quantitative estimate of drug-likeness (QED) is 0.771. The first-order chi connectivity index (χ1) is 11.3. The van der Waals surface area contributed by atoms with Crippen LogP contribution >= 0.6 is 0 Å². The summed E-state index contributed by atoms with van der Waals surface area (Å²) in [6.07, 6.45) is -6.89. The van der Waals surface area contributed by atoms with Crippen LogP contribution in [0.1, 0.15) is 18.1 Å². The van der Waals surface area contributed by atoms with Crippen LogP contribution in [0.2, 0.25) is 0 Å². The van der Waals surface area contributed by atoms with E-state index in [1.54, 1.807) is 60.7 Å². The molecule has 1 atom stereocenters. The highest BCUT2D eigenvalue weighted by molar-refractivity contribution is 5.86. The number of esters is 1. The van der Waals surface area contributed by atoms with Crippen molar-refractivity contribution in [1.29, 1.82) is 0 Å². The monoisotopic (exact) mass is 338 g/mol. The van der Waals surface area contributed by atoms with E-state index < -0.39 is 23.9 Å². The zero-order valence-electron chi connectivity index (χ0n) is 13.2. The van der Waals surface area contributed by atoms with Crippen LogP contribution in [0.3, 0.4) is 0 Å². The van der Waals surface area contributed by atoms with E-state index in [-0.39, 0.29) is 0 Å². The van der Waals surface area contributed by atoms with Crippen molar-refractivity contribution in [3.05, 3.63) is 71.8 Å². The molecule has 0 aliphatic rings. The van der Waals surface area contributed by atoms with Crippen molar-refractivity contribution in [2.75, 3.05) is 7.11 Å². The third kappa shape index (κ3) is 3.43. The largest absolute Gasteiger partial charge is 0.450 e. The number of alkyl halides is 3. The summed E-state index contributed by atoms with van der Waals surface area (Å²) in [5.41, 5.74) is -1.00. The number of hydrogen-bond acceptors (Lipinski definition) is 3. The molecule has 6 heteroatoms. The lowest BCUT2D eigenvalue weighted by atomic mass is 9.86. The van der Waals surface area contributed by atoms with Crippen molar-refractivity contribution in [2.24, 2.45) is 0 Å². The Balaban J connectivity index is 2.53. The summed E-state index contributed by atoms with van der Waals surface area (Å²) in [5.74, 6) is -1.12. The minimum Gasteiger partial charge on any atom is -0.450 e. The Labute approximate surface area is 138 Å². The van der Waals surface area contributed by atoms with E-state index in [0.29, 0.717) is 11.1 Å². The molecule has 1 unspecified atom stereocenters. The van der Waals surface area contributed by atoms with Gasteiger partial charge in [0, 0.05) is 7.11 Å². The van der Waals surface area contributed by atoms with Gasteiger partial charge < -0.3 is 9.47 Å². The van der Waals surface area contributed by atoms with Gasteiger partial charge in [0.1, 0.15) is 0 Å². The summed E-state index contributed by atoms with van der Waals surface area (Å²) in [7, 11) is 1.26. The maximum absolute atomic E-state index is 12.8. The summed E-state index contributed by atoms with van der Waals surface area (Å²) >= 11 is 0. The van der Waals surface area contributed by atoms with Crippen LogP contribution in [-0.2, 0) is 19.9 Å². The lowest BCUT2D eigenvalue weighted by Gasteiger charge is -2.32. The summed E-state index contributed by atoms with van der Waals surface area (Å²) in [6, 6.07) is 16.6. The molecule has 24 heavy (non-hydrogen) atoms. The fraction of sp³-hybridized carbons (Fsp3) is 0.278. The zero-order valence-corrected chi connectivity index (χ0v) is 13.2. The number of rotatable bonds is 5. The molecule has 0 heterocycles. The molecule has 0 saturated carbocycles. The molecule has 0 aliphatic heterocycles. The maximum atomic E-state index is 12.8. The van der Waals surface area contributed by atoms with Crippen molar-refractivity contribution in [3.63, 3.8) is 0 Å². The Bertz CT molecular complexity index is 629. The second-order valence-electron chi connectivity index (χ2n) is 5.21. The minimum absolute atomic E-state index is 0.387. The average Bonchev–Trinajstić information content (AvgIpc) is 2.57. The molecular formula is C18H17F3O3. The number of carbonyl (C=O) groups excluding carboxylic acids is 1. The second-order valence-corrected chi connectivity index (χ2v) is 5.21. The molecule has 0 spiro atoms. The van der Waals surface area contributed by atoms with E-state index in [4.69, 9.17) is 9.47 Å². The molecular weight excluding hydrogens is 321 g/mol. The molecule has 2 rings (SSSR count). The van der Waals surface area contributed by atoms with Gasteiger partial charge >= 0.3 is 12.1 Å². The Kier molecular flexibility index (Phi) is 5.29. The van der Waals surface area contributed by atoms with E-state index in [2.05, 4.69) is 0 Å². The van der Waals surface area contributed by atoms with Gasteiger partial charge in [-0.1, -0.05) is 60.7 Å². The molecule has 128 valence electrons. The number of hydrogen-bond donors (Lipinski definition) is 0. The van der Waals surface area contributed by atoms with Gasteiger partial charge in [-0.15, -0.1) is 0 Å². The average molecular weight is 338 g/mol. The summed E-state index contributed by atoms with van der Waals surface area (Å²) in [6.45, 7) is 0.786. The fourth-order valence-corrected chi connectivity index (χ4v) is 2.38. The molecule has 0 radical (unpaired) electrons. The summed E-state index contributed by atoms with van der Waals surface area (Å²) in [5, 5.41) is 0.